The molecule has 0 bridgehead atoms. The summed E-state index contributed by atoms with van der Waals surface area (Å²) in [5.74, 6) is 1.74. The van der Waals surface area contributed by atoms with Gasteiger partial charge in [-0.15, -0.1) is 0 Å². The molecule has 1 aromatic carbocycles. The van der Waals surface area contributed by atoms with E-state index in [1.54, 1.807) is 0 Å². The zero-order valence-corrected chi connectivity index (χ0v) is 10.2. The molecule has 0 radical (unpaired) electrons. The van der Waals surface area contributed by atoms with E-state index in [4.69, 9.17) is 4.74 Å². The summed E-state index contributed by atoms with van der Waals surface area (Å²) in [5, 5.41) is 0. The van der Waals surface area contributed by atoms with Gasteiger partial charge >= 0.3 is 0 Å². The highest BCUT2D eigenvalue weighted by molar-refractivity contribution is 5.65. The fourth-order valence-corrected chi connectivity index (χ4v) is 1.37. The molecule has 1 nitrogen and oxygen atoms in total. The standard InChI is InChI=1S/C15H18O/c1-5-8-14-9-10-15(11-13(14)7-3)16-12(4)6-2/h5-11H,3H2,1-2,4H3/b8-5-,12-6+. The van der Waals surface area contributed by atoms with E-state index in [1.165, 1.54) is 0 Å². The Kier molecular flexibility index (Phi) is 4.59. The first-order valence-corrected chi connectivity index (χ1v) is 5.41. The van der Waals surface area contributed by atoms with Crippen molar-refractivity contribution in [2.45, 2.75) is 20.8 Å². The minimum absolute atomic E-state index is 0.846. The van der Waals surface area contributed by atoms with E-state index in [1.807, 2.05) is 57.2 Å². The summed E-state index contributed by atoms with van der Waals surface area (Å²) in [7, 11) is 0. The van der Waals surface area contributed by atoms with Crippen LogP contribution in [0.2, 0.25) is 0 Å². The third kappa shape index (κ3) is 3.13. The molecule has 0 aliphatic rings. The molecule has 1 aromatic rings. The molecule has 0 N–H and O–H groups in total. The van der Waals surface area contributed by atoms with Crippen LogP contribution in [0.4, 0.5) is 0 Å². The first kappa shape index (κ1) is 12.3. The van der Waals surface area contributed by atoms with Crippen molar-refractivity contribution in [2.75, 3.05) is 0 Å². The average molecular weight is 214 g/mol. The molecule has 0 spiro atoms. The van der Waals surface area contributed by atoms with Crippen LogP contribution in [0.3, 0.4) is 0 Å². The molecule has 0 fully saturated rings. The first-order chi connectivity index (χ1) is 7.71. The van der Waals surface area contributed by atoms with Crippen LogP contribution in [-0.2, 0) is 0 Å². The third-order valence-corrected chi connectivity index (χ3v) is 2.31. The van der Waals surface area contributed by atoms with E-state index in [0.29, 0.717) is 0 Å². The van der Waals surface area contributed by atoms with Crippen LogP contribution >= 0.6 is 0 Å². The van der Waals surface area contributed by atoms with Crippen molar-refractivity contribution in [2.24, 2.45) is 0 Å². The SMILES string of the molecule is C=Cc1cc(O/C(C)=C/C)ccc1/C=C\C. The Labute approximate surface area is 97.8 Å². The molecule has 1 rings (SSSR count). The van der Waals surface area contributed by atoms with Crippen LogP contribution in [0.15, 0.2) is 42.7 Å². The number of ether oxygens (including phenoxy) is 1. The second kappa shape index (κ2) is 5.96. The number of rotatable bonds is 4. The van der Waals surface area contributed by atoms with Crippen molar-refractivity contribution < 1.29 is 4.74 Å². The Balaban J connectivity index is 3.04. The van der Waals surface area contributed by atoms with Gasteiger partial charge in [0.25, 0.3) is 0 Å². The lowest BCUT2D eigenvalue weighted by Crippen LogP contribution is -1.91. The largest absolute Gasteiger partial charge is 0.462 e. The fourth-order valence-electron chi connectivity index (χ4n) is 1.37. The Hall–Kier alpha value is -1.76. The van der Waals surface area contributed by atoms with Crippen molar-refractivity contribution in [3.05, 3.63) is 53.8 Å². The molecule has 16 heavy (non-hydrogen) atoms. The minimum atomic E-state index is 0.846. The predicted octanol–water partition coefficient (Wildman–Crippen LogP) is 4.67. The van der Waals surface area contributed by atoms with E-state index in [0.717, 1.165) is 22.6 Å². The maximum Gasteiger partial charge on any atom is 0.127 e. The van der Waals surface area contributed by atoms with E-state index in [-0.39, 0.29) is 0 Å². The van der Waals surface area contributed by atoms with Crippen LogP contribution in [0.25, 0.3) is 12.2 Å². The van der Waals surface area contributed by atoms with Crippen LogP contribution in [0, 0.1) is 0 Å². The maximum absolute atomic E-state index is 5.63. The number of benzene rings is 1. The second-order valence-corrected chi connectivity index (χ2v) is 3.50. The van der Waals surface area contributed by atoms with Crippen molar-refractivity contribution in [1.29, 1.82) is 0 Å². The molecule has 0 aliphatic heterocycles. The van der Waals surface area contributed by atoms with Gasteiger partial charge in [-0.25, -0.2) is 0 Å². The van der Waals surface area contributed by atoms with Crippen molar-refractivity contribution in [3.63, 3.8) is 0 Å². The smallest absolute Gasteiger partial charge is 0.127 e. The van der Waals surface area contributed by atoms with Gasteiger partial charge in [0.1, 0.15) is 5.75 Å². The minimum Gasteiger partial charge on any atom is -0.462 e. The van der Waals surface area contributed by atoms with Gasteiger partial charge in [-0.2, -0.15) is 0 Å². The summed E-state index contributed by atoms with van der Waals surface area (Å²) in [4.78, 5) is 0. The lowest BCUT2D eigenvalue weighted by atomic mass is 10.1. The maximum atomic E-state index is 5.63. The molecule has 1 heteroatoms. The second-order valence-electron chi connectivity index (χ2n) is 3.50. The van der Waals surface area contributed by atoms with Crippen molar-refractivity contribution in [3.8, 4) is 5.75 Å². The van der Waals surface area contributed by atoms with Gasteiger partial charge in [-0.05, 0) is 50.1 Å². The fraction of sp³-hybridized carbons (Fsp3) is 0.200. The van der Waals surface area contributed by atoms with Gasteiger partial charge in [0.05, 0.1) is 5.76 Å². The molecule has 0 amide bonds. The van der Waals surface area contributed by atoms with Gasteiger partial charge in [0.15, 0.2) is 0 Å². The Morgan fingerprint density at radius 2 is 2.00 bits per heavy atom. The topological polar surface area (TPSA) is 9.23 Å². The lowest BCUT2D eigenvalue weighted by molar-refractivity contribution is 0.426. The molecule has 0 aliphatic carbocycles. The van der Waals surface area contributed by atoms with Crippen LogP contribution in [0.5, 0.6) is 5.75 Å². The van der Waals surface area contributed by atoms with E-state index < -0.39 is 0 Å². The number of hydrogen-bond donors (Lipinski definition) is 0. The van der Waals surface area contributed by atoms with Gasteiger partial charge in [-0.3, -0.25) is 0 Å². The molecule has 0 saturated heterocycles. The first-order valence-electron chi connectivity index (χ1n) is 5.41. The van der Waals surface area contributed by atoms with Crippen LogP contribution in [0.1, 0.15) is 31.9 Å². The average Bonchev–Trinajstić information content (AvgIpc) is 2.31. The third-order valence-electron chi connectivity index (χ3n) is 2.31. The van der Waals surface area contributed by atoms with Gasteiger partial charge in [-0.1, -0.05) is 30.9 Å². The zero-order chi connectivity index (χ0) is 12.0. The molecular weight excluding hydrogens is 196 g/mol. The van der Waals surface area contributed by atoms with Crippen LogP contribution < -0.4 is 4.74 Å². The highest BCUT2D eigenvalue weighted by Gasteiger charge is 2.00. The van der Waals surface area contributed by atoms with Crippen molar-refractivity contribution in [1.82, 2.24) is 0 Å². The quantitative estimate of drug-likeness (QED) is 0.662. The summed E-state index contributed by atoms with van der Waals surface area (Å²) in [6.45, 7) is 9.71. The summed E-state index contributed by atoms with van der Waals surface area (Å²) in [5.41, 5.74) is 2.24. The van der Waals surface area contributed by atoms with Gasteiger partial charge < -0.3 is 4.74 Å². The Morgan fingerprint density at radius 1 is 1.25 bits per heavy atom. The van der Waals surface area contributed by atoms with Crippen molar-refractivity contribution >= 4 is 12.2 Å². The molecular formula is C15H18O. The molecule has 0 atom stereocenters. The summed E-state index contributed by atoms with van der Waals surface area (Å²) in [6.07, 6.45) is 7.85. The Bertz CT molecular complexity index is 425. The molecule has 0 heterocycles. The monoisotopic (exact) mass is 214 g/mol. The number of allylic oxidation sites excluding steroid dienone is 3. The van der Waals surface area contributed by atoms with E-state index in [2.05, 4.69) is 12.7 Å². The predicted molar refractivity (Wildman–Crippen MR) is 71.3 cm³/mol. The van der Waals surface area contributed by atoms with Gasteiger partial charge in [0.2, 0.25) is 0 Å². The normalized spacial score (nSPS) is 11.8. The highest BCUT2D eigenvalue weighted by atomic mass is 16.5. The summed E-state index contributed by atoms with van der Waals surface area (Å²) in [6, 6.07) is 6.00. The Morgan fingerprint density at radius 3 is 2.56 bits per heavy atom. The highest BCUT2D eigenvalue weighted by Crippen LogP contribution is 2.21. The summed E-state index contributed by atoms with van der Waals surface area (Å²) < 4.78 is 5.63. The zero-order valence-electron chi connectivity index (χ0n) is 10.2. The molecule has 84 valence electrons. The lowest BCUT2D eigenvalue weighted by Gasteiger charge is -2.08. The molecule has 0 aromatic heterocycles. The van der Waals surface area contributed by atoms with Gasteiger partial charge in [0, 0.05) is 0 Å². The van der Waals surface area contributed by atoms with E-state index in [9.17, 15) is 0 Å². The molecule has 0 unspecified atom stereocenters. The van der Waals surface area contributed by atoms with Crippen LogP contribution in [-0.4, -0.2) is 0 Å². The number of hydrogen-bond acceptors (Lipinski definition) is 1. The summed E-state index contributed by atoms with van der Waals surface area (Å²) >= 11 is 0. The van der Waals surface area contributed by atoms with E-state index >= 15 is 0 Å². The molecule has 0 saturated carbocycles.